The highest BCUT2D eigenvalue weighted by molar-refractivity contribution is 5.80. The Kier molecular flexibility index (Phi) is 4.11. The number of hydrogen-bond acceptors (Lipinski definition) is 5. The van der Waals surface area contributed by atoms with Crippen molar-refractivity contribution in [1.29, 1.82) is 0 Å². The lowest BCUT2D eigenvalue weighted by Gasteiger charge is -2.15. The van der Waals surface area contributed by atoms with Crippen molar-refractivity contribution >= 4 is 11.6 Å². The summed E-state index contributed by atoms with van der Waals surface area (Å²) in [5.74, 6) is 0.826. The molecule has 96 valence electrons. The zero-order valence-corrected chi connectivity index (χ0v) is 10.1. The number of hydrogen-bond donors (Lipinski definition) is 2. The van der Waals surface area contributed by atoms with Crippen LogP contribution in [0.15, 0.2) is 29.3 Å². The van der Waals surface area contributed by atoms with Crippen molar-refractivity contribution in [3.05, 3.63) is 39.9 Å². The Balaban J connectivity index is 1.84. The molecular weight excluding hydrogens is 232 g/mol. The van der Waals surface area contributed by atoms with Crippen LogP contribution in [0.25, 0.3) is 0 Å². The van der Waals surface area contributed by atoms with E-state index in [9.17, 15) is 10.1 Å². The Morgan fingerprint density at radius 1 is 1.50 bits per heavy atom. The first-order valence-electron chi connectivity index (χ1n) is 6.01. The van der Waals surface area contributed by atoms with E-state index in [1.165, 1.54) is 6.07 Å². The third-order valence-electron chi connectivity index (χ3n) is 2.72. The third-order valence-corrected chi connectivity index (χ3v) is 2.72. The summed E-state index contributed by atoms with van der Waals surface area (Å²) in [5, 5.41) is 17.0. The molecule has 18 heavy (non-hydrogen) atoms. The second kappa shape index (κ2) is 6.00. The highest BCUT2D eigenvalue weighted by Crippen LogP contribution is 2.13. The topological polar surface area (TPSA) is 79.6 Å². The number of guanidine groups is 1. The predicted octanol–water partition coefficient (Wildman–Crippen LogP) is 1.08. The molecule has 1 aromatic rings. The van der Waals surface area contributed by atoms with Gasteiger partial charge in [0.1, 0.15) is 0 Å². The second-order valence-corrected chi connectivity index (χ2v) is 4.11. The Labute approximate surface area is 105 Å². The van der Waals surface area contributed by atoms with Gasteiger partial charge in [0.05, 0.1) is 4.92 Å². The highest BCUT2D eigenvalue weighted by Gasteiger charge is 2.06. The van der Waals surface area contributed by atoms with Crippen LogP contribution in [-0.2, 0) is 6.42 Å². The maximum Gasteiger partial charge on any atom is 0.269 e. The molecule has 0 amide bonds. The summed E-state index contributed by atoms with van der Waals surface area (Å²) >= 11 is 0. The van der Waals surface area contributed by atoms with Crippen LogP contribution in [0.3, 0.4) is 0 Å². The van der Waals surface area contributed by atoms with E-state index in [4.69, 9.17) is 0 Å². The van der Waals surface area contributed by atoms with E-state index in [-0.39, 0.29) is 10.6 Å². The van der Waals surface area contributed by atoms with E-state index in [2.05, 4.69) is 15.6 Å². The average Bonchev–Trinajstić information content (AvgIpc) is 2.40. The van der Waals surface area contributed by atoms with Gasteiger partial charge in [0.15, 0.2) is 5.96 Å². The number of nitrogens with zero attached hydrogens (tertiary/aromatic N) is 2. The number of nitro benzene ring substituents is 1. The van der Waals surface area contributed by atoms with E-state index >= 15 is 0 Å². The number of nitro groups is 1. The first kappa shape index (κ1) is 12.3. The van der Waals surface area contributed by atoms with Gasteiger partial charge in [-0.2, -0.15) is 0 Å². The minimum absolute atomic E-state index is 0.139. The van der Waals surface area contributed by atoms with Gasteiger partial charge < -0.3 is 10.6 Å². The van der Waals surface area contributed by atoms with Gasteiger partial charge in [0, 0.05) is 31.8 Å². The molecule has 1 heterocycles. The summed E-state index contributed by atoms with van der Waals surface area (Å²) in [6.45, 7) is 2.52. The lowest BCUT2D eigenvalue weighted by atomic mass is 10.1. The molecule has 2 rings (SSSR count). The number of rotatable bonds is 4. The second-order valence-electron chi connectivity index (χ2n) is 4.11. The maximum absolute atomic E-state index is 10.6. The van der Waals surface area contributed by atoms with Gasteiger partial charge in [-0.05, 0) is 18.4 Å². The van der Waals surface area contributed by atoms with Gasteiger partial charge in [0.2, 0.25) is 0 Å². The van der Waals surface area contributed by atoms with E-state index in [1.54, 1.807) is 12.1 Å². The van der Waals surface area contributed by atoms with Crippen LogP contribution >= 0.6 is 0 Å². The van der Waals surface area contributed by atoms with Gasteiger partial charge in [-0.15, -0.1) is 0 Å². The summed E-state index contributed by atoms with van der Waals surface area (Å²) in [6.07, 6.45) is 1.80. The molecular formula is C12H16N4O2. The summed E-state index contributed by atoms with van der Waals surface area (Å²) < 4.78 is 0. The van der Waals surface area contributed by atoms with Crippen LogP contribution in [-0.4, -0.2) is 30.5 Å². The molecule has 0 radical (unpaired) electrons. The average molecular weight is 248 g/mol. The van der Waals surface area contributed by atoms with E-state index in [0.717, 1.165) is 37.5 Å². The molecule has 0 unspecified atom stereocenters. The van der Waals surface area contributed by atoms with Crippen LogP contribution in [0.1, 0.15) is 12.0 Å². The Hall–Kier alpha value is -2.11. The van der Waals surface area contributed by atoms with Gasteiger partial charge in [-0.1, -0.05) is 12.1 Å². The lowest BCUT2D eigenvalue weighted by molar-refractivity contribution is -0.384. The first-order chi connectivity index (χ1) is 8.75. The normalized spacial score (nSPS) is 14.6. The molecule has 0 atom stereocenters. The molecule has 6 nitrogen and oxygen atoms in total. The first-order valence-corrected chi connectivity index (χ1v) is 6.01. The molecule has 2 N–H and O–H groups in total. The molecule has 6 heteroatoms. The number of non-ortho nitro benzene ring substituents is 1. The van der Waals surface area contributed by atoms with E-state index < -0.39 is 0 Å². The lowest BCUT2D eigenvalue weighted by Crippen LogP contribution is -2.41. The Bertz CT molecular complexity index is 459. The molecule has 1 aromatic carbocycles. The molecule has 0 fully saturated rings. The summed E-state index contributed by atoms with van der Waals surface area (Å²) in [5.41, 5.74) is 1.09. The predicted molar refractivity (Wildman–Crippen MR) is 69.7 cm³/mol. The van der Waals surface area contributed by atoms with Crippen LogP contribution in [0.5, 0.6) is 0 Å². The van der Waals surface area contributed by atoms with Gasteiger partial charge in [0.25, 0.3) is 5.69 Å². The molecule has 0 spiro atoms. The zero-order valence-electron chi connectivity index (χ0n) is 10.1. The van der Waals surface area contributed by atoms with E-state index in [0.29, 0.717) is 6.54 Å². The van der Waals surface area contributed by atoms with Crippen LogP contribution in [0, 0.1) is 10.1 Å². The summed E-state index contributed by atoms with van der Waals surface area (Å²) in [6, 6.07) is 6.72. The van der Waals surface area contributed by atoms with Gasteiger partial charge in [-0.3, -0.25) is 15.1 Å². The minimum Gasteiger partial charge on any atom is -0.356 e. The van der Waals surface area contributed by atoms with Crippen LogP contribution < -0.4 is 10.6 Å². The summed E-state index contributed by atoms with van der Waals surface area (Å²) in [7, 11) is 0. The van der Waals surface area contributed by atoms with Crippen molar-refractivity contribution in [1.82, 2.24) is 10.6 Å². The minimum atomic E-state index is -0.371. The Morgan fingerprint density at radius 3 is 3.11 bits per heavy atom. The zero-order chi connectivity index (χ0) is 12.8. The van der Waals surface area contributed by atoms with Crippen LogP contribution in [0.4, 0.5) is 5.69 Å². The fraction of sp³-hybridized carbons (Fsp3) is 0.417. The van der Waals surface area contributed by atoms with Gasteiger partial charge >= 0.3 is 0 Å². The van der Waals surface area contributed by atoms with Crippen molar-refractivity contribution in [3.63, 3.8) is 0 Å². The van der Waals surface area contributed by atoms with Crippen molar-refractivity contribution in [2.24, 2.45) is 4.99 Å². The fourth-order valence-electron chi connectivity index (χ4n) is 1.80. The van der Waals surface area contributed by atoms with E-state index in [1.807, 2.05) is 6.07 Å². The largest absolute Gasteiger partial charge is 0.356 e. The fourth-order valence-corrected chi connectivity index (χ4v) is 1.80. The van der Waals surface area contributed by atoms with Crippen molar-refractivity contribution in [3.8, 4) is 0 Å². The molecule has 0 aromatic heterocycles. The molecule has 1 aliphatic rings. The molecule has 1 aliphatic heterocycles. The van der Waals surface area contributed by atoms with Gasteiger partial charge in [-0.25, -0.2) is 0 Å². The molecule has 0 saturated heterocycles. The standard InChI is InChI=1S/C12H16N4O2/c17-16(18)11-4-1-3-10(9-11)5-8-15-12-13-6-2-7-14-12/h1,3-4,9H,2,5-8H2,(H2,13,14,15). The van der Waals surface area contributed by atoms with Crippen molar-refractivity contribution in [2.45, 2.75) is 12.8 Å². The smallest absolute Gasteiger partial charge is 0.269 e. The number of benzene rings is 1. The highest BCUT2D eigenvalue weighted by atomic mass is 16.6. The SMILES string of the molecule is O=[N+]([O-])c1cccc(CCNC2=NCCCN2)c1. The van der Waals surface area contributed by atoms with Crippen molar-refractivity contribution in [2.75, 3.05) is 19.6 Å². The number of aliphatic imine (C=N–C) groups is 1. The third kappa shape index (κ3) is 3.44. The monoisotopic (exact) mass is 248 g/mol. The maximum atomic E-state index is 10.6. The van der Waals surface area contributed by atoms with Crippen molar-refractivity contribution < 1.29 is 4.92 Å². The summed E-state index contributed by atoms with van der Waals surface area (Å²) in [4.78, 5) is 14.6. The molecule has 0 saturated carbocycles. The number of nitrogens with one attached hydrogen (secondary N) is 2. The van der Waals surface area contributed by atoms with Crippen LogP contribution in [0.2, 0.25) is 0 Å². The Morgan fingerprint density at radius 2 is 2.39 bits per heavy atom. The quantitative estimate of drug-likeness (QED) is 0.617. The molecule has 0 aliphatic carbocycles. The molecule has 0 bridgehead atoms.